The van der Waals surface area contributed by atoms with Gasteiger partial charge in [0.15, 0.2) is 0 Å². The minimum atomic E-state index is -5.18. The largest absolute Gasteiger partial charge is 0.471 e. The van der Waals surface area contributed by atoms with Crippen LogP contribution in [0.3, 0.4) is 0 Å². The van der Waals surface area contributed by atoms with E-state index in [0.29, 0.717) is 0 Å². The number of amides is 3. The van der Waals surface area contributed by atoms with Gasteiger partial charge < -0.3 is 16.0 Å². The summed E-state index contributed by atoms with van der Waals surface area (Å²) in [6.07, 6.45) is -9.73. The molecular formula is C17H19F6N3O3. The van der Waals surface area contributed by atoms with Gasteiger partial charge in [-0.25, -0.2) is 0 Å². The van der Waals surface area contributed by atoms with E-state index >= 15 is 0 Å². The molecule has 29 heavy (non-hydrogen) atoms. The van der Waals surface area contributed by atoms with Crippen molar-refractivity contribution < 1.29 is 40.7 Å². The van der Waals surface area contributed by atoms with Crippen molar-refractivity contribution in [1.29, 1.82) is 0 Å². The zero-order valence-electron chi connectivity index (χ0n) is 15.5. The molecule has 1 aromatic rings. The molecule has 0 saturated heterocycles. The van der Waals surface area contributed by atoms with Crippen molar-refractivity contribution in [3.63, 3.8) is 0 Å². The van der Waals surface area contributed by atoms with Crippen molar-refractivity contribution >= 4 is 23.4 Å². The molecule has 3 N–H and O–H groups in total. The summed E-state index contributed by atoms with van der Waals surface area (Å²) in [6, 6.07) is 0.728. The van der Waals surface area contributed by atoms with Crippen LogP contribution in [0.25, 0.3) is 0 Å². The van der Waals surface area contributed by atoms with Crippen molar-refractivity contribution in [3.05, 3.63) is 29.8 Å². The molecule has 6 nitrogen and oxygen atoms in total. The molecule has 3 amide bonds. The maximum Gasteiger partial charge on any atom is 0.471 e. The Hall–Kier alpha value is -2.79. The quantitative estimate of drug-likeness (QED) is 0.611. The lowest BCUT2D eigenvalue weighted by atomic mass is 10.0. The fourth-order valence-electron chi connectivity index (χ4n) is 2.12. The summed E-state index contributed by atoms with van der Waals surface area (Å²) in [5.74, 6) is -4.85. The van der Waals surface area contributed by atoms with Crippen LogP contribution in [0.5, 0.6) is 0 Å². The summed E-state index contributed by atoms with van der Waals surface area (Å²) in [5, 5.41) is 5.99. The third-order valence-corrected chi connectivity index (χ3v) is 3.73. The van der Waals surface area contributed by atoms with Gasteiger partial charge in [0.1, 0.15) is 12.1 Å². The molecule has 1 aromatic carbocycles. The highest BCUT2D eigenvalue weighted by atomic mass is 19.4. The summed E-state index contributed by atoms with van der Waals surface area (Å²) < 4.78 is 74.8. The van der Waals surface area contributed by atoms with Gasteiger partial charge in [-0.15, -0.1) is 0 Å². The average molecular weight is 427 g/mol. The van der Waals surface area contributed by atoms with E-state index < -0.39 is 53.6 Å². The van der Waals surface area contributed by atoms with E-state index in [0.717, 1.165) is 24.3 Å². The maximum atomic E-state index is 12.5. The lowest BCUT2D eigenvalue weighted by molar-refractivity contribution is -0.175. The number of anilines is 1. The molecule has 0 heterocycles. The Kier molecular flexibility index (Phi) is 7.64. The topological polar surface area (TPSA) is 87.3 Å². The van der Waals surface area contributed by atoms with Gasteiger partial charge in [0.25, 0.3) is 0 Å². The highest BCUT2D eigenvalue weighted by molar-refractivity contribution is 5.98. The van der Waals surface area contributed by atoms with Gasteiger partial charge in [-0.05, 0) is 37.1 Å². The third-order valence-electron chi connectivity index (χ3n) is 3.73. The summed E-state index contributed by atoms with van der Waals surface area (Å²) in [5.41, 5.74) is -0.896. The first kappa shape index (κ1) is 24.2. The van der Waals surface area contributed by atoms with E-state index in [1.54, 1.807) is 5.32 Å². The SMILES string of the molecule is CC(C)[C@H](NC(=O)C(F)(F)F)C(=O)N[C@@H](C)C(=O)Nc1ccc(C(F)(F)F)cc1. The molecular weight excluding hydrogens is 408 g/mol. The van der Waals surface area contributed by atoms with E-state index in [2.05, 4.69) is 10.6 Å². The number of carbonyl (C=O) groups is 3. The minimum absolute atomic E-state index is 0.0230. The summed E-state index contributed by atoms with van der Waals surface area (Å²) >= 11 is 0. The van der Waals surface area contributed by atoms with Crippen LogP contribution < -0.4 is 16.0 Å². The number of hydrogen-bond donors (Lipinski definition) is 3. The van der Waals surface area contributed by atoms with E-state index in [4.69, 9.17) is 0 Å². The van der Waals surface area contributed by atoms with Gasteiger partial charge in [-0.2, -0.15) is 26.3 Å². The predicted octanol–water partition coefficient (Wildman–Crippen LogP) is 2.85. The molecule has 0 spiro atoms. The zero-order valence-corrected chi connectivity index (χ0v) is 15.5. The first-order valence-electron chi connectivity index (χ1n) is 8.29. The monoisotopic (exact) mass is 427 g/mol. The molecule has 0 aliphatic heterocycles. The van der Waals surface area contributed by atoms with Crippen LogP contribution in [0.4, 0.5) is 32.0 Å². The number of hydrogen-bond acceptors (Lipinski definition) is 3. The van der Waals surface area contributed by atoms with Gasteiger partial charge in [0.05, 0.1) is 5.56 Å². The van der Waals surface area contributed by atoms with Crippen LogP contribution in [-0.4, -0.2) is 36.0 Å². The molecule has 0 aliphatic carbocycles. The molecule has 0 aromatic heterocycles. The van der Waals surface area contributed by atoms with Gasteiger partial charge >= 0.3 is 18.3 Å². The maximum absolute atomic E-state index is 12.5. The van der Waals surface area contributed by atoms with Crippen LogP contribution in [0.1, 0.15) is 26.3 Å². The number of halogens is 6. The summed E-state index contributed by atoms with van der Waals surface area (Å²) in [7, 11) is 0. The van der Waals surface area contributed by atoms with Crippen molar-refractivity contribution in [3.8, 4) is 0 Å². The summed E-state index contributed by atoms with van der Waals surface area (Å²) in [6.45, 7) is 4.02. The highest BCUT2D eigenvalue weighted by Gasteiger charge is 2.41. The second-order valence-electron chi connectivity index (χ2n) is 6.49. The molecule has 0 saturated carbocycles. The normalized spacial score (nSPS) is 14.1. The van der Waals surface area contributed by atoms with Crippen LogP contribution in [0.15, 0.2) is 24.3 Å². The Morgan fingerprint density at radius 2 is 1.34 bits per heavy atom. The molecule has 162 valence electrons. The van der Waals surface area contributed by atoms with Crippen LogP contribution in [0.2, 0.25) is 0 Å². The average Bonchev–Trinajstić information content (AvgIpc) is 2.57. The second-order valence-corrected chi connectivity index (χ2v) is 6.49. The molecule has 0 aliphatic rings. The number of rotatable bonds is 6. The first-order valence-corrected chi connectivity index (χ1v) is 8.29. The zero-order chi connectivity index (χ0) is 22.6. The Bertz CT molecular complexity index is 744. The molecule has 1 rings (SSSR count). The van der Waals surface area contributed by atoms with Crippen molar-refractivity contribution in [1.82, 2.24) is 10.6 Å². The third kappa shape index (κ3) is 7.27. The van der Waals surface area contributed by atoms with E-state index in [-0.39, 0.29) is 5.69 Å². The fourth-order valence-corrected chi connectivity index (χ4v) is 2.12. The predicted molar refractivity (Wildman–Crippen MR) is 90.5 cm³/mol. The molecule has 0 bridgehead atoms. The molecule has 0 fully saturated rings. The van der Waals surface area contributed by atoms with Gasteiger partial charge in [0, 0.05) is 5.69 Å². The van der Waals surface area contributed by atoms with Gasteiger partial charge in [-0.1, -0.05) is 13.8 Å². The lowest BCUT2D eigenvalue weighted by Gasteiger charge is -2.24. The van der Waals surface area contributed by atoms with Crippen LogP contribution in [-0.2, 0) is 20.6 Å². The number of alkyl halides is 6. The van der Waals surface area contributed by atoms with Crippen LogP contribution in [0, 0.1) is 5.92 Å². The standard InChI is InChI=1S/C17H19F6N3O3/c1-8(2)12(26-15(29)17(21,22)23)14(28)24-9(3)13(27)25-11-6-4-10(5-7-11)16(18,19)20/h4-9,12H,1-3H3,(H,24,28)(H,25,27)(H,26,29)/t9-,12-/m0/s1. The smallest absolute Gasteiger partial charge is 0.343 e. The van der Waals surface area contributed by atoms with Crippen LogP contribution >= 0.6 is 0 Å². The van der Waals surface area contributed by atoms with Gasteiger partial charge in [0.2, 0.25) is 11.8 Å². The highest BCUT2D eigenvalue weighted by Crippen LogP contribution is 2.29. The Morgan fingerprint density at radius 3 is 1.76 bits per heavy atom. The molecule has 12 heteroatoms. The first-order chi connectivity index (χ1) is 13.1. The molecule has 0 unspecified atom stereocenters. The fraction of sp³-hybridized carbons (Fsp3) is 0.471. The van der Waals surface area contributed by atoms with E-state index in [1.807, 2.05) is 0 Å². The summed E-state index contributed by atoms with van der Waals surface area (Å²) in [4.78, 5) is 35.3. The number of benzene rings is 1. The second kappa shape index (κ2) is 9.14. The molecule has 0 radical (unpaired) electrons. The number of carbonyl (C=O) groups excluding carboxylic acids is 3. The van der Waals surface area contributed by atoms with E-state index in [9.17, 15) is 40.7 Å². The van der Waals surface area contributed by atoms with Gasteiger partial charge in [-0.3, -0.25) is 14.4 Å². The van der Waals surface area contributed by atoms with Crippen molar-refractivity contribution in [2.45, 2.75) is 45.2 Å². The van der Waals surface area contributed by atoms with Crippen molar-refractivity contribution in [2.75, 3.05) is 5.32 Å². The van der Waals surface area contributed by atoms with E-state index in [1.165, 1.54) is 20.8 Å². The Labute approximate surface area is 162 Å². The Morgan fingerprint density at radius 1 is 0.828 bits per heavy atom. The van der Waals surface area contributed by atoms with Crippen molar-refractivity contribution in [2.24, 2.45) is 5.92 Å². The lowest BCUT2D eigenvalue weighted by Crippen LogP contribution is -2.55. The molecule has 2 atom stereocenters. The number of nitrogens with one attached hydrogen (secondary N) is 3. The Balaban J connectivity index is 2.74. The minimum Gasteiger partial charge on any atom is -0.343 e.